The number of nitro groups is 1. The molecule has 1 N–H and O–H groups in total. The van der Waals surface area contributed by atoms with Crippen molar-refractivity contribution >= 4 is 17.8 Å². The van der Waals surface area contributed by atoms with Crippen molar-refractivity contribution in [2.24, 2.45) is 5.10 Å². The normalized spacial score (nSPS) is 11.3. The van der Waals surface area contributed by atoms with Crippen LogP contribution in [0.5, 0.6) is 0 Å². The van der Waals surface area contributed by atoms with E-state index in [-0.39, 0.29) is 11.4 Å². The van der Waals surface area contributed by atoms with Crippen LogP contribution in [0, 0.1) is 21.4 Å². The van der Waals surface area contributed by atoms with Crippen LogP contribution in [0.4, 0.5) is 18.9 Å². The fourth-order valence-electron chi connectivity index (χ4n) is 2.57. The van der Waals surface area contributed by atoms with Gasteiger partial charge in [-0.25, -0.2) is 10.1 Å². The number of hydrogen-bond acceptors (Lipinski definition) is 6. The number of nitriles is 1. The van der Waals surface area contributed by atoms with E-state index < -0.39 is 28.3 Å². The first-order valence-corrected chi connectivity index (χ1v) is 8.44. The van der Waals surface area contributed by atoms with Crippen LogP contribution in [0.2, 0.25) is 0 Å². The number of hydrazone groups is 1. The van der Waals surface area contributed by atoms with Crippen LogP contribution in [-0.4, -0.2) is 26.8 Å². The first kappa shape index (κ1) is 21.2. The molecule has 1 amide bonds. The van der Waals surface area contributed by atoms with Gasteiger partial charge in [-0.2, -0.15) is 28.6 Å². The minimum absolute atomic E-state index is 0.113. The Morgan fingerprint density at radius 3 is 2.39 bits per heavy atom. The van der Waals surface area contributed by atoms with E-state index in [9.17, 15) is 28.1 Å². The maximum absolute atomic E-state index is 13.6. The number of carbonyl (C=O) groups excluding carboxylic acids is 1. The summed E-state index contributed by atoms with van der Waals surface area (Å²) in [6.07, 6.45) is -3.01. The monoisotopic (exact) mass is 428 g/mol. The maximum Gasteiger partial charge on any atom is 0.434 e. The number of alkyl halides is 3. The van der Waals surface area contributed by atoms with Crippen LogP contribution >= 0.6 is 0 Å². The summed E-state index contributed by atoms with van der Waals surface area (Å²) in [5.74, 6) is -1.15. The number of nitrogens with zero attached hydrogens (tertiary/aromatic N) is 5. The van der Waals surface area contributed by atoms with Crippen molar-refractivity contribution in [3.63, 3.8) is 0 Å². The molecule has 0 bridgehead atoms. The number of benzene rings is 2. The third kappa shape index (κ3) is 4.73. The molecule has 1 heterocycles. The van der Waals surface area contributed by atoms with Crippen molar-refractivity contribution in [3.8, 4) is 11.8 Å². The lowest BCUT2D eigenvalue weighted by Gasteiger charge is -2.12. The Balaban J connectivity index is 1.86. The van der Waals surface area contributed by atoms with Gasteiger partial charge in [-0.3, -0.25) is 14.9 Å². The lowest BCUT2D eigenvalue weighted by Crippen LogP contribution is -2.23. The Bertz CT molecular complexity index is 1190. The van der Waals surface area contributed by atoms with Crippen LogP contribution in [0.25, 0.3) is 5.69 Å². The number of hydrogen-bond donors (Lipinski definition) is 1. The van der Waals surface area contributed by atoms with E-state index >= 15 is 0 Å². The first-order valence-electron chi connectivity index (χ1n) is 8.44. The van der Waals surface area contributed by atoms with Crippen LogP contribution < -0.4 is 5.43 Å². The Labute approximate surface area is 172 Å². The largest absolute Gasteiger partial charge is 0.434 e. The molecule has 0 fully saturated rings. The highest BCUT2D eigenvalue weighted by Crippen LogP contribution is 2.34. The summed E-state index contributed by atoms with van der Waals surface area (Å²) in [5.41, 5.74) is 0.375. The Morgan fingerprint density at radius 2 is 1.84 bits per heavy atom. The van der Waals surface area contributed by atoms with Gasteiger partial charge in [0.1, 0.15) is 0 Å². The summed E-state index contributed by atoms with van der Waals surface area (Å²) in [7, 11) is 0. The van der Waals surface area contributed by atoms with Crippen molar-refractivity contribution in [3.05, 3.63) is 87.2 Å². The van der Waals surface area contributed by atoms with Crippen LogP contribution in [0.15, 0.2) is 59.8 Å². The predicted octanol–water partition coefficient (Wildman–Crippen LogP) is 3.43. The molecule has 156 valence electrons. The summed E-state index contributed by atoms with van der Waals surface area (Å²) in [6.45, 7) is 0. The fraction of sp³-hybridized carbons (Fsp3) is 0.0526. The van der Waals surface area contributed by atoms with Gasteiger partial charge in [0.15, 0.2) is 5.69 Å². The lowest BCUT2D eigenvalue weighted by atomic mass is 10.2. The highest BCUT2D eigenvalue weighted by Gasteiger charge is 2.40. The molecule has 0 atom stereocenters. The van der Waals surface area contributed by atoms with Gasteiger partial charge in [-0.05, 0) is 29.8 Å². The predicted molar refractivity (Wildman–Crippen MR) is 101 cm³/mol. The van der Waals surface area contributed by atoms with Gasteiger partial charge in [-0.15, -0.1) is 0 Å². The number of non-ortho nitro benzene ring substituents is 1. The molecule has 0 unspecified atom stereocenters. The quantitative estimate of drug-likeness (QED) is 0.378. The Morgan fingerprint density at radius 1 is 1.19 bits per heavy atom. The highest BCUT2D eigenvalue weighted by molar-refractivity contribution is 5.96. The van der Waals surface area contributed by atoms with Gasteiger partial charge >= 0.3 is 6.18 Å². The van der Waals surface area contributed by atoms with Crippen molar-refractivity contribution in [2.45, 2.75) is 6.18 Å². The van der Waals surface area contributed by atoms with E-state index in [4.69, 9.17) is 5.26 Å². The molecule has 3 aromatic rings. The van der Waals surface area contributed by atoms with Crippen LogP contribution in [0.3, 0.4) is 0 Å². The van der Waals surface area contributed by atoms with Crippen LogP contribution in [0.1, 0.15) is 27.2 Å². The number of carbonyl (C=O) groups is 1. The zero-order valence-corrected chi connectivity index (χ0v) is 15.4. The average Bonchev–Trinajstić information content (AvgIpc) is 3.20. The molecule has 0 spiro atoms. The molecule has 0 saturated heterocycles. The van der Waals surface area contributed by atoms with Gasteiger partial charge in [0.25, 0.3) is 11.6 Å². The van der Waals surface area contributed by atoms with Crippen molar-refractivity contribution in [2.75, 3.05) is 0 Å². The van der Waals surface area contributed by atoms with E-state index in [1.165, 1.54) is 18.3 Å². The SMILES string of the molecule is N#Cc1ccc(/C=N\NC(=O)c2cnn(-c3ccc([N+](=O)[O-])cc3)c2C(F)(F)F)cc1. The molecule has 0 saturated carbocycles. The van der Waals surface area contributed by atoms with Crippen molar-refractivity contribution in [1.82, 2.24) is 15.2 Å². The summed E-state index contributed by atoms with van der Waals surface area (Å²) >= 11 is 0. The van der Waals surface area contributed by atoms with E-state index in [2.05, 4.69) is 10.2 Å². The van der Waals surface area contributed by atoms with Crippen molar-refractivity contribution in [1.29, 1.82) is 5.26 Å². The maximum atomic E-state index is 13.6. The second-order valence-electron chi connectivity index (χ2n) is 6.02. The molecule has 31 heavy (non-hydrogen) atoms. The molecule has 9 nitrogen and oxygen atoms in total. The Kier molecular flexibility index (Phi) is 5.78. The molecule has 3 rings (SSSR count). The van der Waals surface area contributed by atoms with Crippen molar-refractivity contribution < 1.29 is 22.9 Å². The standard InChI is InChI=1S/C19H11F3N6O3/c20-19(21,22)17-16(11-25-27(17)14-5-7-15(8-6-14)28(30)31)18(29)26-24-10-13-3-1-12(9-23)2-4-13/h1-8,10-11H,(H,26,29)/b24-10-. The molecular formula is C19H11F3N6O3. The zero-order valence-electron chi connectivity index (χ0n) is 15.4. The number of amides is 1. The topological polar surface area (TPSA) is 126 Å². The molecule has 0 aliphatic heterocycles. The number of rotatable bonds is 5. The number of nitrogens with one attached hydrogen (secondary N) is 1. The van der Waals surface area contributed by atoms with Crippen LogP contribution in [-0.2, 0) is 6.18 Å². The molecule has 12 heteroatoms. The highest BCUT2D eigenvalue weighted by atomic mass is 19.4. The van der Waals surface area contributed by atoms with E-state index in [1.54, 1.807) is 12.1 Å². The lowest BCUT2D eigenvalue weighted by molar-refractivity contribution is -0.384. The fourth-order valence-corrected chi connectivity index (χ4v) is 2.57. The van der Waals surface area contributed by atoms with Gasteiger partial charge < -0.3 is 0 Å². The number of aromatic nitrogens is 2. The third-order valence-corrected chi connectivity index (χ3v) is 4.01. The number of nitro benzene ring substituents is 1. The third-order valence-electron chi connectivity index (χ3n) is 4.01. The minimum Gasteiger partial charge on any atom is -0.267 e. The van der Waals surface area contributed by atoms with Gasteiger partial charge in [0.2, 0.25) is 0 Å². The second kappa shape index (κ2) is 8.46. The van der Waals surface area contributed by atoms with E-state index in [1.807, 2.05) is 11.5 Å². The Hall–Kier alpha value is -4.53. The smallest absolute Gasteiger partial charge is 0.267 e. The molecular weight excluding hydrogens is 417 g/mol. The molecule has 2 aromatic carbocycles. The minimum atomic E-state index is -4.94. The second-order valence-corrected chi connectivity index (χ2v) is 6.02. The molecule has 0 aliphatic rings. The summed E-state index contributed by atoms with van der Waals surface area (Å²) in [4.78, 5) is 22.3. The van der Waals surface area contributed by atoms with Gasteiger partial charge in [0.05, 0.1) is 40.2 Å². The summed E-state index contributed by atoms with van der Waals surface area (Å²) < 4.78 is 41.4. The average molecular weight is 428 g/mol. The molecule has 1 aromatic heterocycles. The molecule has 0 radical (unpaired) electrons. The zero-order chi connectivity index (χ0) is 22.6. The molecule has 0 aliphatic carbocycles. The number of halogens is 3. The summed E-state index contributed by atoms with van der Waals surface area (Å²) in [6, 6.07) is 12.3. The van der Waals surface area contributed by atoms with E-state index in [0.29, 0.717) is 15.8 Å². The first-order chi connectivity index (χ1) is 14.7. The van der Waals surface area contributed by atoms with Gasteiger partial charge in [0, 0.05) is 12.1 Å². The van der Waals surface area contributed by atoms with Gasteiger partial charge in [-0.1, -0.05) is 12.1 Å². The van der Waals surface area contributed by atoms with E-state index in [0.717, 1.165) is 30.5 Å². The summed E-state index contributed by atoms with van der Waals surface area (Å²) in [5, 5.41) is 26.7.